The number of thioether (sulfide) groups is 1. The molecule has 0 radical (unpaired) electrons. The number of fused-ring (bicyclic) bond motifs is 1. The minimum Gasteiger partial charge on any atom is -0.451 e. The van der Waals surface area contributed by atoms with Gasteiger partial charge in [0, 0.05) is 40.4 Å². The van der Waals surface area contributed by atoms with Gasteiger partial charge in [0.2, 0.25) is 0 Å². The number of furan rings is 1. The molecule has 0 saturated heterocycles. The highest BCUT2D eigenvalue weighted by atomic mass is 35.5. The summed E-state index contributed by atoms with van der Waals surface area (Å²) < 4.78 is 6.69. The Balaban J connectivity index is 1.39. The van der Waals surface area contributed by atoms with Crippen molar-refractivity contribution < 1.29 is 14.0 Å². The van der Waals surface area contributed by atoms with Crippen molar-refractivity contribution in [2.45, 2.75) is 17.0 Å². The van der Waals surface area contributed by atoms with Gasteiger partial charge in [-0.05, 0) is 37.3 Å². The molecule has 0 spiro atoms. The molecule has 0 unspecified atom stereocenters. The van der Waals surface area contributed by atoms with Crippen LogP contribution in [0.15, 0.2) is 57.3 Å². The van der Waals surface area contributed by atoms with Crippen molar-refractivity contribution in [1.82, 2.24) is 20.8 Å². The number of nitrogens with one attached hydrogen (secondary N) is 2. The van der Waals surface area contributed by atoms with Gasteiger partial charge in [0.15, 0.2) is 10.1 Å². The van der Waals surface area contributed by atoms with Crippen molar-refractivity contribution in [3.05, 3.63) is 75.4 Å². The van der Waals surface area contributed by atoms with Gasteiger partial charge in [-0.15, -0.1) is 10.2 Å². The van der Waals surface area contributed by atoms with E-state index in [-0.39, 0.29) is 30.7 Å². The molecule has 2 N–H and O–H groups in total. The molecule has 0 aliphatic carbocycles. The van der Waals surface area contributed by atoms with Crippen LogP contribution in [0.2, 0.25) is 5.02 Å². The average molecular weight is 487 g/mol. The standard InChI is InChI=1S/C22H19ClN4O3S2/c1-13-26-27-22(32-13)31-12-17-16-4-2-3-5-18(16)30-19(17)21(29)25-11-10-24-20(28)14-6-8-15(23)9-7-14/h2-9H,10-12H2,1H3,(H,24,28)(H,25,29). The molecular formula is C22H19ClN4O3S2. The minimum absolute atomic E-state index is 0.232. The Hall–Kier alpha value is -2.88. The van der Waals surface area contributed by atoms with Crippen LogP contribution in [0.4, 0.5) is 0 Å². The predicted molar refractivity (Wildman–Crippen MR) is 127 cm³/mol. The third-order valence-electron chi connectivity index (χ3n) is 4.55. The normalized spacial score (nSPS) is 10.9. The lowest BCUT2D eigenvalue weighted by Crippen LogP contribution is -2.34. The van der Waals surface area contributed by atoms with Crippen molar-refractivity contribution in [2.24, 2.45) is 0 Å². The number of amides is 2. The molecule has 0 saturated carbocycles. The molecule has 10 heteroatoms. The van der Waals surface area contributed by atoms with Gasteiger partial charge >= 0.3 is 0 Å². The van der Waals surface area contributed by atoms with Crippen LogP contribution in [-0.2, 0) is 5.75 Å². The molecule has 2 aromatic carbocycles. The monoisotopic (exact) mass is 486 g/mol. The highest BCUT2D eigenvalue weighted by Crippen LogP contribution is 2.33. The molecular weight excluding hydrogens is 468 g/mol. The Morgan fingerprint density at radius 2 is 1.75 bits per heavy atom. The molecule has 32 heavy (non-hydrogen) atoms. The van der Waals surface area contributed by atoms with Gasteiger partial charge in [-0.25, -0.2) is 0 Å². The van der Waals surface area contributed by atoms with Crippen molar-refractivity contribution in [1.29, 1.82) is 0 Å². The number of hydrogen-bond donors (Lipinski definition) is 2. The van der Waals surface area contributed by atoms with E-state index >= 15 is 0 Å². The first-order chi connectivity index (χ1) is 15.5. The topological polar surface area (TPSA) is 97.1 Å². The second-order valence-electron chi connectivity index (χ2n) is 6.80. The van der Waals surface area contributed by atoms with E-state index in [1.54, 1.807) is 24.3 Å². The van der Waals surface area contributed by atoms with Crippen molar-refractivity contribution in [3.63, 3.8) is 0 Å². The summed E-state index contributed by atoms with van der Waals surface area (Å²) in [6.45, 7) is 2.44. The fourth-order valence-corrected chi connectivity index (χ4v) is 5.00. The zero-order valence-electron chi connectivity index (χ0n) is 17.1. The molecule has 2 heterocycles. The number of halogens is 1. The zero-order valence-corrected chi connectivity index (χ0v) is 19.4. The van der Waals surface area contributed by atoms with Gasteiger partial charge in [0.25, 0.3) is 11.8 Å². The zero-order chi connectivity index (χ0) is 22.5. The van der Waals surface area contributed by atoms with Gasteiger partial charge < -0.3 is 15.1 Å². The first-order valence-corrected chi connectivity index (χ1v) is 11.9. The van der Waals surface area contributed by atoms with Crippen LogP contribution in [0.5, 0.6) is 0 Å². The second-order valence-corrected chi connectivity index (χ2v) is 9.64. The lowest BCUT2D eigenvalue weighted by Gasteiger charge is -2.07. The van der Waals surface area contributed by atoms with E-state index in [2.05, 4.69) is 20.8 Å². The van der Waals surface area contributed by atoms with Gasteiger partial charge in [0.05, 0.1) is 0 Å². The van der Waals surface area contributed by atoms with E-state index in [9.17, 15) is 9.59 Å². The van der Waals surface area contributed by atoms with Crippen LogP contribution in [0.1, 0.15) is 31.5 Å². The molecule has 4 aromatic rings. The third kappa shape index (κ3) is 5.29. The number of benzene rings is 2. The highest BCUT2D eigenvalue weighted by Gasteiger charge is 2.21. The molecule has 0 aliphatic heterocycles. The Morgan fingerprint density at radius 1 is 1.03 bits per heavy atom. The summed E-state index contributed by atoms with van der Waals surface area (Å²) in [5.74, 6) is 0.237. The molecule has 0 fully saturated rings. The first kappa shape index (κ1) is 22.3. The van der Waals surface area contributed by atoms with Crippen molar-refractivity contribution >= 4 is 57.5 Å². The maximum atomic E-state index is 12.8. The number of aromatic nitrogens is 2. The number of para-hydroxylation sites is 1. The van der Waals surface area contributed by atoms with Crippen molar-refractivity contribution in [2.75, 3.05) is 13.1 Å². The minimum atomic E-state index is -0.328. The number of aryl methyl sites for hydroxylation is 1. The van der Waals surface area contributed by atoms with Crippen LogP contribution in [0.25, 0.3) is 11.0 Å². The second kappa shape index (κ2) is 10.2. The number of hydrogen-bond acceptors (Lipinski definition) is 7. The molecule has 2 amide bonds. The summed E-state index contributed by atoms with van der Waals surface area (Å²) in [6, 6.07) is 14.2. The number of carbonyl (C=O) groups excluding carboxylic acids is 2. The lowest BCUT2D eigenvalue weighted by molar-refractivity contribution is 0.0911. The highest BCUT2D eigenvalue weighted by molar-refractivity contribution is 8.00. The number of nitrogens with zero attached hydrogens (tertiary/aromatic N) is 2. The number of carbonyl (C=O) groups is 2. The SMILES string of the molecule is Cc1nnc(SCc2c(C(=O)NCCNC(=O)c3ccc(Cl)cc3)oc3ccccc23)s1. The van der Waals surface area contributed by atoms with E-state index in [1.165, 1.54) is 23.1 Å². The van der Waals surface area contributed by atoms with Gasteiger partial charge in [-0.1, -0.05) is 52.9 Å². The van der Waals surface area contributed by atoms with E-state index in [0.717, 1.165) is 20.3 Å². The van der Waals surface area contributed by atoms with Crippen LogP contribution in [0, 0.1) is 6.92 Å². The van der Waals surface area contributed by atoms with E-state index in [1.807, 2.05) is 31.2 Å². The smallest absolute Gasteiger partial charge is 0.287 e. The molecule has 0 bridgehead atoms. The molecule has 0 atom stereocenters. The Kier molecular flexibility index (Phi) is 7.09. The molecule has 164 valence electrons. The summed E-state index contributed by atoms with van der Waals surface area (Å²) in [7, 11) is 0. The molecule has 7 nitrogen and oxygen atoms in total. The fraction of sp³-hybridized carbons (Fsp3) is 0.182. The maximum absolute atomic E-state index is 12.8. The Labute approximate surface area is 197 Å². The predicted octanol–water partition coefficient (Wildman–Crippen LogP) is 4.70. The van der Waals surface area contributed by atoms with Gasteiger partial charge in [-0.3, -0.25) is 9.59 Å². The summed E-state index contributed by atoms with van der Waals surface area (Å²) >= 11 is 8.87. The van der Waals surface area contributed by atoms with Gasteiger partial charge in [-0.2, -0.15) is 0 Å². The average Bonchev–Trinajstić information content (AvgIpc) is 3.38. The van der Waals surface area contributed by atoms with E-state index < -0.39 is 0 Å². The molecule has 0 aliphatic rings. The fourth-order valence-electron chi connectivity index (χ4n) is 3.03. The number of rotatable bonds is 8. The summed E-state index contributed by atoms with van der Waals surface area (Å²) in [5.41, 5.74) is 1.96. The van der Waals surface area contributed by atoms with E-state index in [4.69, 9.17) is 16.0 Å². The summed E-state index contributed by atoms with van der Waals surface area (Å²) in [5, 5.41) is 16.1. The molecule has 2 aromatic heterocycles. The Bertz CT molecular complexity index is 1250. The lowest BCUT2D eigenvalue weighted by atomic mass is 10.1. The van der Waals surface area contributed by atoms with E-state index in [0.29, 0.717) is 21.9 Å². The van der Waals surface area contributed by atoms with Crippen LogP contribution in [0.3, 0.4) is 0 Å². The first-order valence-electron chi connectivity index (χ1n) is 9.76. The van der Waals surface area contributed by atoms with Gasteiger partial charge in [0.1, 0.15) is 10.6 Å². The quantitative estimate of drug-likeness (QED) is 0.277. The molecule has 4 rings (SSSR count). The van der Waals surface area contributed by atoms with Crippen molar-refractivity contribution in [3.8, 4) is 0 Å². The largest absolute Gasteiger partial charge is 0.451 e. The third-order valence-corrected chi connectivity index (χ3v) is 6.80. The summed E-state index contributed by atoms with van der Waals surface area (Å²) in [4.78, 5) is 25.0. The maximum Gasteiger partial charge on any atom is 0.287 e. The van der Waals surface area contributed by atoms with Crippen LogP contribution < -0.4 is 10.6 Å². The van der Waals surface area contributed by atoms with Crippen LogP contribution in [-0.4, -0.2) is 35.1 Å². The Morgan fingerprint density at radius 3 is 2.47 bits per heavy atom. The van der Waals surface area contributed by atoms with Crippen LogP contribution >= 0.6 is 34.7 Å². The summed E-state index contributed by atoms with van der Waals surface area (Å²) in [6.07, 6.45) is 0.